The molecule has 16 heavy (non-hydrogen) atoms. The summed E-state index contributed by atoms with van der Waals surface area (Å²) in [6.07, 6.45) is -4.62. The first-order valence-corrected chi connectivity index (χ1v) is 4.64. The second kappa shape index (κ2) is 4.69. The van der Waals surface area contributed by atoms with Gasteiger partial charge >= 0.3 is 12.1 Å². The number of aromatic nitrogens is 1. The molecule has 1 heterocycles. The number of methoxy groups -OCH3 is 1. The summed E-state index contributed by atoms with van der Waals surface area (Å²) in [4.78, 5) is 14.2. The van der Waals surface area contributed by atoms with Crippen LogP contribution in [-0.4, -0.2) is 18.1 Å². The highest BCUT2D eigenvalue weighted by Crippen LogP contribution is 2.28. The SMILES string of the molecule is COC(=O)c1cc(CCl)cc(C(F)(F)F)n1. The molecule has 0 saturated carbocycles. The summed E-state index contributed by atoms with van der Waals surface area (Å²) in [6.45, 7) is 0. The van der Waals surface area contributed by atoms with Gasteiger partial charge in [0.2, 0.25) is 0 Å². The van der Waals surface area contributed by atoms with Crippen LogP contribution in [-0.2, 0) is 16.8 Å². The zero-order valence-electron chi connectivity index (χ0n) is 8.14. The van der Waals surface area contributed by atoms with E-state index in [1.807, 2.05) is 0 Å². The molecule has 88 valence electrons. The fourth-order valence-electron chi connectivity index (χ4n) is 1.02. The van der Waals surface area contributed by atoms with Crippen molar-refractivity contribution in [2.75, 3.05) is 7.11 Å². The average Bonchev–Trinajstić information content (AvgIpc) is 2.26. The minimum atomic E-state index is -4.62. The molecule has 0 atom stereocenters. The monoisotopic (exact) mass is 253 g/mol. The lowest BCUT2D eigenvalue weighted by Gasteiger charge is -2.08. The van der Waals surface area contributed by atoms with Crippen LogP contribution in [0.2, 0.25) is 0 Å². The molecule has 0 aliphatic rings. The third-order valence-electron chi connectivity index (χ3n) is 1.72. The number of halogens is 4. The van der Waals surface area contributed by atoms with E-state index in [0.29, 0.717) is 0 Å². The Morgan fingerprint density at radius 1 is 1.50 bits per heavy atom. The second-order valence-corrected chi connectivity index (χ2v) is 3.14. The van der Waals surface area contributed by atoms with Crippen LogP contribution in [0.3, 0.4) is 0 Å². The number of ether oxygens (including phenoxy) is 1. The highest BCUT2D eigenvalue weighted by atomic mass is 35.5. The molecular formula is C9H7ClF3NO2. The van der Waals surface area contributed by atoms with Crippen LogP contribution in [0.4, 0.5) is 13.2 Å². The topological polar surface area (TPSA) is 39.2 Å². The highest BCUT2D eigenvalue weighted by molar-refractivity contribution is 6.17. The van der Waals surface area contributed by atoms with Gasteiger partial charge in [-0.1, -0.05) is 0 Å². The van der Waals surface area contributed by atoms with Crippen LogP contribution in [0.25, 0.3) is 0 Å². The van der Waals surface area contributed by atoms with Gasteiger partial charge in [0.15, 0.2) is 0 Å². The van der Waals surface area contributed by atoms with E-state index in [0.717, 1.165) is 19.2 Å². The van der Waals surface area contributed by atoms with Gasteiger partial charge in [0.1, 0.15) is 11.4 Å². The van der Waals surface area contributed by atoms with Crippen molar-refractivity contribution in [1.82, 2.24) is 4.98 Å². The summed E-state index contributed by atoms with van der Waals surface area (Å²) in [7, 11) is 1.06. The lowest BCUT2D eigenvalue weighted by molar-refractivity contribution is -0.141. The Balaban J connectivity index is 3.27. The van der Waals surface area contributed by atoms with Crippen LogP contribution in [0.15, 0.2) is 12.1 Å². The van der Waals surface area contributed by atoms with Crippen LogP contribution >= 0.6 is 11.6 Å². The number of nitrogens with zero attached hydrogens (tertiary/aromatic N) is 1. The van der Waals surface area contributed by atoms with E-state index in [2.05, 4.69) is 9.72 Å². The summed E-state index contributed by atoms with van der Waals surface area (Å²) in [5.74, 6) is -1.08. The van der Waals surface area contributed by atoms with E-state index >= 15 is 0 Å². The van der Waals surface area contributed by atoms with Gasteiger partial charge in [-0.15, -0.1) is 11.6 Å². The van der Waals surface area contributed by atoms with Gasteiger partial charge in [0, 0.05) is 5.88 Å². The summed E-state index contributed by atoms with van der Waals surface area (Å²) >= 11 is 5.42. The molecule has 0 unspecified atom stereocenters. The number of pyridine rings is 1. The van der Waals surface area contributed by atoms with Crippen molar-refractivity contribution in [3.63, 3.8) is 0 Å². The summed E-state index contributed by atoms with van der Waals surface area (Å²) < 4.78 is 41.5. The lowest BCUT2D eigenvalue weighted by Crippen LogP contribution is -2.13. The van der Waals surface area contributed by atoms with Crippen molar-refractivity contribution in [3.8, 4) is 0 Å². The first-order valence-electron chi connectivity index (χ1n) is 4.11. The van der Waals surface area contributed by atoms with Gasteiger partial charge in [0.05, 0.1) is 7.11 Å². The minimum Gasteiger partial charge on any atom is -0.464 e. The Morgan fingerprint density at radius 2 is 2.12 bits per heavy atom. The fraction of sp³-hybridized carbons (Fsp3) is 0.333. The molecule has 1 aromatic heterocycles. The normalized spacial score (nSPS) is 11.3. The van der Waals surface area contributed by atoms with Crippen LogP contribution in [0.5, 0.6) is 0 Å². The van der Waals surface area contributed by atoms with E-state index in [1.165, 1.54) is 0 Å². The Bertz CT molecular complexity index is 406. The van der Waals surface area contributed by atoms with E-state index in [-0.39, 0.29) is 11.4 Å². The molecule has 0 aliphatic carbocycles. The smallest absolute Gasteiger partial charge is 0.433 e. The molecule has 7 heteroatoms. The molecule has 0 N–H and O–H groups in total. The van der Waals surface area contributed by atoms with E-state index in [1.54, 1.807) is 0 Å². The summed E-state index contributed by atoms with van der Waals surface area (Å²) in [5.41, 5.74) is -1.41. The van der Waals surface area contributed by atoms with Crippen molar-refractivity contribution in [3.05, 3.63) is 29.1 Å². The third kappa shape index (κ3) is 2.85. The molecule has 0 aliphatic heterocycles. The third-order valence-corrected chi connectivity index (χ3v) is 2.03. The fourth-order valence-corrected chi connectivity index (χ4v) is 1.17. The minimum absolute atomic E-state index is 0.143. The van der Waals surface area contributed by atoms with Crippen LogP contribution in [0, 0.1) is 0 Å². The predicted molar refractivity (Wildman–Crippen MR) is 50.1 cm³/mol. The van der Waals surface area contributed by atoms with Crippen molar-refractivity contribution in [2.24, 2.45) is 0 Å². The van der Waals surface area contributed by atoms with Crippen LogP contribution in [0.1, 0.15) is 21.7 Å². The maximum absolute atomic E-state index is 12.4. The Hall–Kier alpha value is -1.30. The first kappa shape index (κ1) is 12.8. The van der Waals surface area contributed by atoms with Gasteiger partial charge in [-0.25, -0.2) is 9.78 Å². The molecule has 1 rings (SSSR count). The number of rotatable bonds is 2. The zero-order valence-corrected chi connectivity index (χ0v) is 8.89. The van der Waals surface area contributed by atoms with Gasteiger partial charge in [-0.2, -0.15) is 13.2 Å². The molecule has 0 spiro atoms. The maximum atomic E-state index is 12.4. The van der Waals surface area contributed by atoms with Gasteiger partial charge < -0.3 is 4.74 Å². The Morgan fingerprint density at radius 3 is 2.56 bits per heavy atom. The number of hydrogen-bond donors (Lipinski definition) is 0. The van der Waals surface area contributed by atoms with Gasteiger partial charge in [-0.05, 0) is 17.7 Å². The molecule has 0 fully saturated rings. The highest BCUT2D eigenvalue weighted by Gasteiger charge is 2.33. The predicted octanol–water partition coefficient (Wildman–Crippen LogP) is 2.63. The van der Waals surface area contributed by atoms with Crippen molar-refractivity contribution < 1.29 is 22.7 Å². The molecule has 3 nitrogen and oxygen atoms in total. The van der Waals surface area contributed by atoms with Crippen LogP contribution < -0.4 is 0 Å². The molecular weight excluding hydrogens is 247 g/mol. The Kier molecular flexibility index (Phi) is 3.74. The molecule has 0 radical (unpaired) electrons. The molecule has 0 aromatic carbocycles. The molecule has 1 aromatic rings. The standard InChI is InChI=1S/C9H7ClF3NO2/c1-16-8(15)6-2-5(4-10)3-7(14-6)9(11,12)13/h2-3H,4H2,1H3. The lowest BCUT2D eigenvalue weighted by atomic mass is 10.2. The zero-order chi connectivity index (χ0) is 12.3. The summed E-state index contributed by atoms with van der Waals surface area (Å²) in [5, 5.41) is 0. The van der Waals surface area contributed by atoms with E-state index < -0.39 is 23.5 Å². The van der Waals surface area contributed by atoms with Gasteiger partial charge in [-0.3, -0.25) is 0 Å². The largest absolute Gasteiger partial charge is 0.464 e. The van der Waals surface area contributed by atoms with Crippen molar-refractivity contribution in [1.29, 1.82) is 0 Å². The number of alkyl halides is 4. The van der Waals surface area contributed by atoms with E-state index in [4.69, 9.17) is 11.6 Å². The number of hydrogen-bond acceptors (Lipinski definition) is 3. The molecule has 0 saturated heterocycles. The Labute approximate surface area is 94.2 Å². The second-order valence-electron chi connectivity index (χ2n) is 2.87. The molecule has 0 amide bonds. The number of carbonyl (C=O) groups is 1. The average molecular weight is 254 g/mol. The number of esters is 1. The van der Waals surface area contributed by atoms with E-state index in [9.17, 15) is 18.0 Å². The quantitative estimate of drug-likeness (QED) is 0.601. The van der Waals surface area contributed by atoms with Gasteiger partial charge in [0.25, 0.3) is 0 Å². The summed E-state index contributed by atoms with van der Waals surface area (Å²) in [6, 6.07) is 1.95. The number of carbonyl (C=O) groups excluding carboxylic acids is 1. The maximum Gasteiger partial charge on any atom is 0.433 e. The van der Waals surface area contributed by atoms with Crippen molar-refractivity contribution >= 4 is 17.6 Å². The van der Waals surface area contributed by atoms with Crippen molar-refractivity contribution in [2.45, 2.75) is 12.1 Å². The molecule has 0 bridgehead atoms. The first-order chi connectivity index (χ1) is 7.38.